The summed E-state index contributed by atoms with van der Waals surface area (Å²) in [6.45, 7) is 4.28. The Labute approximate surface area is 118 Å². The minimum atomic E-state index is -1.56. The maximum absolute atomic E-state index is 9.28. The Balaban J connectivity index is 2.24. The number of hydrogen-bond donors (Lipinski definition) is 2. The Morgan fingerprint density at radius 2 is 1.65 bits per heavy atom. The van der Waals surface area contributed by atoms with Crippen LogP contribution in [0.2, 0.25) is 0 Å². The molecule has 0 heterocycles. The fourth-order valence-electron chi connectivity index (χ4n) is 1.81. The minimum Gasteiger partial charge on any atom is -0.493 e. The summed E-state index contributed by atoms with van der Waals surface area (Å²) in [4.78, 5) is 0. The summed E-state index contributed by atoms with van der Waals surface area (Å²) in [5.74, 6) is 1.71. The molecule has 0 bridgehead atoms. The van der Waals surface area contributed by atoms with Crippen LogP contribution in [0.1, 0.15) is 24.3 Å². The summed E-state index contributed by atoms with van der Waals surface area (Å²) in [7, 11) is 0. The topological polar surface area (TPSA) is 58.9 Å². The van der Waals surface area contributed by atoms with Gasteiger partial charge in [-0.1, -0.05) is 17.7 Å². The van der Waals surface area contributed by atoms with Crippen molar-refractivity contribution in [3.05, 3.63) is 53.6 Å². The molecule has 0 saturated heterocycles. The normalized spacial score (nSPS) is 10.7. The summed E-state index contributed by atoms with van der Waals surface area (Å²) in [5.41, 5.74) is 1.48. The molecule has 0 radical (unpaired) electrons. The number of aliphatic hydroxyl groups is 2. The van der Waals surface area contributed by atoms with Gasteiger partial charge in [-0.2, -0.15) is 0 Å². The molecule has 0 aliphatic rings. The number of benzene rings is 2. The Bertz CT molecular complexity index is 561. The maximum Gasteiger partial charge on any atom is 0.182 e. The Morgan fingerprint density at radius 3 is 2.25 bits per heavy atom. The van der Waals surface area contributed by atoms with Crippen LogP contribution in [-0.4, -0.2) is 16.8 Å². The van der Waals surface area contributed by atoms with Crippen molar-refractivity contribution in [2.75, 3.05) is 6.61 Å². The van der Waals surface area contributed by atoms with Crippen LogP contribution in [-0.2, 0) is 0 Å². The van der Waals surface area contributed by atoms with Crippen LogP contribution in [0.4, 0.5) is 0 Å². The van der Waals surface area contributed by atoms with Gasteiger partial charge in [-0.25, -0.2) is 0 Å². The van der Waals surface area contributed by atoms with Crippen molar-refractivity contribution < 1.29 is 19.7 Å². The highest BCUT2D eigenvalue weighted by atomic mass is 16.5. The molecule has 2 N–H and O–H groups in total. The molecule has 0 spiro atoms. The lowest BCUT2D eigenvalue weighted by Crippen LogP contribution is -2.01. The molecule has 0 amide bonds. The summed E-state index contributed by atoms with van der Waals surface area (Å²) in [6.07, 6.45) is -1.56. The van der Waals surface area contributed by atoms with E-state index in [9.17, 15) is 10.2 Å². The van der Waals surface area contributed by atoms with Gasteiger partial charge in [0.05, 0.1) is 6.61 Å². The zero-order valence-electron chi connectivity index (χ0n) is 11.5. The van der Waals surface area contributed by atoms with E-state index < -0.39 is 6.29 Å². The fraction of sp³-hybridized carbons (Fsp3) is 0.250. The van der Waals surface area contributed by atoms with Gasteiger partial charge < -0.3 is 19.7 Å². The minimum absolute atomic E-state index is 0.322. The first-order chi connectivity index (χ1) is 9.60. The molecule has 0 saturated carbocycles. The molecule has 0 aromatic heterocycles. The molecule has 20 heavy (non-hydrogen) atoms. The summed E-state index contributed by atoms with van der Waals surface area (Å²) >= 11 is 0. The van der Waals surface area contributed by atoms with Crippen molar-refractivity contribution in [3.63, 3.8) is 0 Å². The van der Waals surface area contributed by atoms with Gasteiger partial charge in [0.15, 0.2) is 6.29 Å². The Kier molecular flexibility index (Phi) is 4.61. The van der Waals surface area contributed by atoms with Crippen molar-refractivity contribution in [1.29, 1.82) is 0 Å². The molecular weight excluding hydrogens is 256 g/mol. The van der Waals surface area contributed by atoms with Crippen molar-refractivity contribution in [3.8, 4) is 17.2 Å². The van der Waals surface area contributed by atoms with Crippen LogP contribution >= 0.6 is 0 Å². The second kappa shape index (κ2) is 6.41. The zero-order chi connectivity index (χ0) is 14.5. The van der Waals surface area contributed by atoms with Gasteiger partial charge in [-0.3, -0.25) is 0 Å². The monoisotopic (exact) mass is 274 g/mol. The lowest BCUT2D eigenvalue weighted by atomic mass is 10.2. The lowest BCUT2D eigenvalue weighted by Gasteiger charge is -2.14. The van der Waals surface area contributed by atoms with Gasteiger partial charge in [-0.05, 0) is 38.1 Å². The average Bonchev–Trinajstić information content (AvgIpc) is 2.42. The summed E-state index contributed by atoms with van der Waals surface area (Å²) < 4.78 is 11.1. The quantitative estimate of drug-likeness (QED) is 0.822. The first-order valence-electron chi connectivity index (χ1n) is 6.47. The number of aliphatic hydroxyl groups excluding tert-OH is 1. The van der Waals surface area contributed by atoms with Gasteiger partial charge >= 0.3 is 0 Å². The highest BCUT2D eigenvalue weighted by molar-refractivity contribution is 5.43. The summed E-state index contributed by atoms with van der Waals surface area (Å²) in [6, 6.07) is 12.6. The first kappa shape index (κ1) is 14.4. The van der Waals surface area contributed by atoms with Crippen LogP contribution < -0.4 is 9.47 Å². The third-order valence-electron chi connectivity index (χ3n) is 2.82. The molecule has 0 aliphatic heterocycles. The largest absolute Gasteiger partial charge is 0.493 e. The fourth-order valence-corrected chi connectivity index (χ4v) is 1.81. The molecular formula is C16H18O4. The summed E-state index contributed by atoms with van der Waals surface area (Å²) in [5, 5.41) is 18.6. The van der Waals surface area contributed by atoms with E-state index in [2.05, 4.69) is 0 Å². The first-order valence-corrected chi connectivity index (χ1v) is 6.47. The van der Waals surface area contributed by atoms with Crippen LogP contribution in [0.15, 0.2) is 42.5 Å². The van der Waals surface area contributed by atoms with E-state index in [1.165, 1.54) is 0 Å². The van der Waals surface area contributed by atoms with Crippen LogP contribution in [0, 0.1) is 6.92 Å². The Hall–Kier alpha value is -2.04. The van der Waals surface area contributed by atoms with Gasteiger partial charge in [0, 0.05) is 11.6 Å². The second-order valence-corrected chi connectivity index (χ2v) is 4.42. The van der Waals surface area contributed by atoms with E-state index in [1.54, 1.807) is 18.2 Å². The van der Waals surface area contributed by atoms with Gasteiger partial charge in [0.1, 0.15) is 17.2 Å². The maximum atomic E-state index is 9.28. The predicted octanol–water partition coefficient (Wildman–Crippen LogP) is 3.17. The van der Waals surface area contributed by atoms with Gasteiger partial charge in [0.25, 0.3) is 0 Å². The highest BCUT2D eigenvalue weighted by Gasteiger charge is 2.12. The van der Waals surface area contributed by atoms with Crippen molar-refractivity contribution in [2.24, 2.45) is 0 Å². The van der Waals surface area contributed by atoms with E-state index in [4.69, 9.17) is 9.47 Å². The Morgan fingerprint density at radius 1 is 1.00 bits per heavy atom. The molecule has 4 heteroatoms. The van der Waals surface area contributed by atoms with Crippen molar-refractivity contribution in [2.45, 2.75) is 20.1 Å². The molecule has 2 aromatic carbocycles. The van der Waals surface area contributed by atoms with Gasteiger partial charge in [0.2, 0.25) is 0 Å². The number of ether oxygens (including phenoxy) is 2. The molecule has 4 nitrogen and oxygen atoms in total. The van der Waals surface area contributed by atoms with Crippen LogP contribution in [0.25, 0.3) is 0 Å². The van der Waals surface area contributed by atoms with Crippen LogP contribution in [0.5, 0.6) is 17.2 Å². The third kappa shape index (κ3) is 3.50. The smallest absolute Gasteiger partial charge is 0.182 e. The van der Waals surface area contributed by atoms with Crippen molar-refractivity contribution >= 4 is 0 Å². The highest BCUT2D eigenvalue weighted by Crippen LogP contribution is 2.31. The molecule has 2 aromatic rings. The van der Waals surface area contributed by atoms with E-state index in [0.717, 1.165) is 11.3 Å². The zero-order valence-corrected chi connectivity index (χ0v) is 11.5. The molecule has 106 valence electrons. The molecule has 0 fully saturated rings. The molecule has 2 rings (SSSR count). The number of aryl methyl sites for hydroxylation is 1. The lowest BCUT2D eigenvalue weighted by molar-refractivity contribution is -0.0441. The van der Waals surface area contributed by atoms with E-state index >= 15 is 0 Å². The van der Waals surface area contributed by atoms with Crippen LogP contribution in [0.3, 0.4) is 0 Å². The van der Waals surface area contributed by atoms with E-state index in [0.29, 0.717) is 23.7 Å². The van der Waals surface area contributed by atoms with Gasteiger partial charge in [-0.15, -0.1) is 0 Å². The molecule has 0 atom stereocenters. The number of hydrogen-bond acceptors (Lipinski definition) is 4. The predicted molar refractivity (Wildman–Crippen MR) is 76.0 cm³/mol. The standard InChI is InChI=1S/C16H18O4/c1-3-19-15-10-13(8-9-14(15)16(17)18)20-12-6-4-11(2)5-7-12/h4-10,16-18H,3H2,1-2H3. The van der Waals surface area contributed by atoms with E-state index in [-0.39, 0.29) is 0 Å². The average molecular weight is 274 g/mol. The van der Waals surface area contributed by atoms with Crippen molar-refractivity contribution in [1.82, 2.24) is 0 Å². The third-order valence-corrected chi connectivity index (χ3v) is 2.82. The number of rotatable bonds is 5. The molecule has 0 unspecified atom stereocenters. The van der Waals surface area contributed by atoms with E-state index in [1.807, 2.05) is 38.1 Å². The molecule has 0 aliphatic carbocycles. The SMILES string of the molecule is CCOc1cc(Oc2ccc(C)cc2)ccc1C(O)O. The second-order valence-electron chi connectivity index (χ2n) is 4.42.